The average molecular weight is 464 g/mol. The molecule has 33 heavy (non-hydrogen) atoms. The van der Waals surface area contributed by atoms with Gasteiger partial charge in [0.2, 0.25) is 11.8 Å². The van der Waals surface area contributed by atoms with Crippen LogP contribution in [0, 0.1) is 5.92 Å². The van der Waals surface area contributed by atoms with Gasteiger partial charge in [0, 0.05) is 44.9 Å². The van der Waals surface area contributed by atoms with Crippen LogP contribution in [0.4, 0.5) is 8.78 Å². The molecule has 180 valence electrons. The maximum atomic E-state index is 13.6. The Morgan fingerprint density at radius 3 is 2.45 bits per heavy atom. The van der Waals surface area contributed by atoms with Gasteiger partial charge in [-0.1, -0.05) is 0 Å². The van der Waals surface area contributed by atoms with Gasteiger partial charge in [-0.25, -0.2) is 18.4 Å². The van der Waals surface area contributed by atoms with Gasteiger partial charge in [0.05, 0.1) is 17.8 Å². The van der Waals surface area contributed by atoms with Crippen molar-refractivity contribution in [3.8, 4) is 0 Å². The number of carbonyl (C=O) groups excluding carboxylic acids is 1. The second-order valence-corrected chi connectivity index (χ2v) is 10.1. The Morgan fingerprint density at radius 2 is 1.85 bits per heavy atom. The van der Waals surface area contributed by atoms with Crippen molar-refractivity contribution in [3.63, 3.8) is 0 Å². The highest BCUT2D eigenvalue weighted by molar-refractivity contribution is 5.81. The quantitative estimate of drug-likeness (QED) is 0.750. The molecule has 3 heterocycles. The second-order valence-electron chi connectivity index (χ2n) is 10.1. The van der Waals surface area contributed by atoms with Gasteiger partial charge >= 0.3 is 0 Å². The Hall–Kier alpha value is -2.36. The number of carbonyl (C=O) groups is 1. The van der Waals surface area contributed by atoms with Crippen molar-refractivity contribution in [1.82, 2.24) is 24.6 Å². The Labute approximate surface area is 190 Å². The van der Waals surface area contributed by atoms with Crippen LogP contribution in [0.25, 0.3) is 11.0 Å². The summed E-state index contributed by atoms with van der Waals surface area (Å²) in [6.07, 6.45) is 4.82. The number of aromatic nitrogens is 4. The molecule has 2 aliphatic carbocycles. The zero-order valence-corrected chi connectivity index (χ0v) is 19.1. The SMILES string of the molecule is COC1(C)CCN(C(=O)[C@H]2CC[C@@H]2c2nc3c(cnn3C3CCC(F)(F)CC3)c(=O)[nH]2)CC1. The summed E-state index contributed by atoms with van der Waals surface area (Å²) in [5.74, 6) is -2.38. The predicted octanol–water partition coefficient (Wildman–Crippen LogP) is 3.39. The first-order chi connectivity index (χ1) is 15.7. The topological polar surface area (TPSA) is 93.1 Å². The van der Waals surface area contributed by atoms with Gasteiger partial charge in [-0.3, -0.25) is 9.59 Å². The number of alkyl halides is 2. The third-order valence-electron chi connectivity index (χ3n) is 8.08. The number of halogens is 2. The first-order valence-electron chi connectivity index (χ1n) is 11.9. The summed E-state index contributed by atoms with van der Waals surface area (Å²) in [6, 6.07) is -0.202. The molecular weight excluding hydrogens is 432 g/mol. The van der Waals surface area contributed by atoms with Crippen LogP contribution in [0.1, 0.15) is 76.1 Å². The molecule has 3 aliphatic rings. The van der Waals surface area contributed by atoms with Gasteiger partial charge in [0.15, 0.2) is 5.65 Å². The van der Waals surface area contributed by atoms with Crippen molar-refractivity contribution in [2.75, 3.05) is 20.2 Å². The molecule has 1 saturated heterocycles. The zero-order valence-electron chi connectivity index (χ0n) is 19.1. The first kappa shape index (κ1) is 22.4. The van der Waals surface area contributed by atoms with E-state index in [4.69, 9.17) is 9.72 Å². The zero-order chi connectivity index (χ0) is 23.4. The molecular formula is C23H31F2N5O3. The fraction of sp³-hybridized carbons (Fsp3) is 0.739. The number of hydrogen-bond donors (Lipinski definition) is 1. The molecule has 10 heteroatoms. The van der Waals surface area contributed by atoms with Crippen molar-refractivity contribution in [1.29, 1.82) is 0 Å². The summed E-state index contributed by atoms with van der Waals surface area (Å²) in [6.45, 7) is 3.39. The van der Waals surface area contributed by atoms with Gasteiger partial charge < -0.3 is 14.6 Å². The Kier molecular flexibility index (Phi) is 5.54. The molecule has 2 atom stereocenters. The number of rotatable bonds is 4. The van der Waals surface area contributed by atoms with Crippen LogP contribution < -0.4 is 5.56 Å². The van der Waals surface area contributed by atoms with Gasteiger partial charge in [-0.15, -0.1) is 0 Å². The third kappa shape index (κ3) is 4.06. The van der Waals surface area contributed by atoms with E-state index in [1.165, 1.54) is 6.20 Å². The molecule has 2 aromatic rings. The van der Waals surface area contributed by atoms with Crippen molar-refractivity contribution in [2.45, 2.75) is 81.8 Å². The number of H-pyrrole nitrogens is 1. The van der Waals surface area contributed by atoms with E-state index in [0.717, 1.165) is 25.7 Å². The molecule has 2 aromatic heterocycles. The number of likely N-dealkylation sites (tertiary alicyclic amines) is 1. The predicted molar refractivity (Wildman–Crippen MR) is 117 cm³/mol. The minimum atomic E-state index is -2.63. The molecule has 1 amide bonds. The number of aromatic amines is 1. The monoisotopic (exact) mass is 463 g/mol. The van der Waals surface area contributed by atoms with Crippen LogP contribution in [0.3, 0.4) is 0 Å². The average Bonchev–Trinajstić information content (AvgIpc) is 3.18. The number of fused-ring (bicyclic) bond motifs is 1. The summed E-state index contributed by atoms with van der Waals surface area (Å²) in [7, 11) is 1.71. The van der Waals surface area contributed by atoms with E-state index in [1.807, 2.05) is 4.90 Å². The normalized spacial score (nSPS) is 27.5. The van der Waals surface area contributed by atoms with Crippen LogP contribution in [0.15, 0.2) is 11.0 Å². The number of methoxy groups -OCH3 is 1. The van der Waals surface area contributed by atoms with E-state index in [-0.39, 0.29) is 47.8 Å². The van der Waals surface area contributed by atoms with Crippen LogP contribution in [0.2, 0.25) is 0 Å². The van der Waals surface area contributed by atoms with E-state index in [2.05, 4.69) is 17.0 Å². The van der Waals surface area contributed by atoms with E-state index >= 15 is 0 Å². The number of ether oxygens (including phenoxy) is 1. The maximum absolute atomic E-state index is 13.6. The number of hydrogen-bond acceptors (Lipinski definition) is 5. The fourth-order valence-electron chi connectivity index (χ4n) is 5.43. The van der Waals surface area contributed by atoms with E-state index in [9.17, 15) is 18.4 Å². The molecule has 5 rings (SSSR count). The van der Waals surface area contributed by atoms with E-state index < -0.39 is 5.92 Å². The lowest BCUT2D eigenvalue weighted by Crippen LogP contribution is -2.50. The lowest BCUT2D eigenvalue weighted by molar-refractivity contribution is -0.144. The Bertz CT molecular complexity index is 1100. The summed E-state index contributed by atoms with van der Waals surface area (Å²) in [5.41, 5.74) is -0.0556. The molecule has 0 aromatic carbocycles. The van der Waals surface area contributed by atoms with Crippen molar-refractivity contribution < 1.29 is 18.3 Å². The minimum absolute atomic E-state index is 0.107. The molecule has 0 spiro atoms. The van der Waals surface area contributed by atoms with Gasteiger partial charge in [-0.2, -0.15) is 5.10 Å². The summed E-state index contributed by atoms with van der Waals surface area (Å²) < 4.78 is 34.4. The molecule has 2 saturated carbocycles. The van der Waals surface area contributed by atoms with Crippen molar-refractivity contribution >= 4 is 16.9 Å². The number of nitrogens with one attached hydrogen (secondary N) is 1. The highest BCUT2D eigenvalue weighted by Crippen LogP contribution is 2.43. The number of piperidine rings is 1. The Morgan fingerprint density at radius 1 is 1.15 bits per heavy atom. The third-order valence-corrected chi connectivity index (χ3v) is 8.08. The van der Waals surface area contributed by atoms with Crippen molar-refractivity contribution in [3.05, 3.63) is 22.4 Å². The molecule has 0 bridgehead atoms. The molecule has 8 nitrogen and oxygen atoms in total. The minimum Gasteiger partial charge on any atom is -0.378 e. The van der Waals surface area contributed by atoms with Gasteiger partial charge in [-0.05, 0) is 45.4 Å². The summed E-state index contributed by atoms with van der Waals surface area (Å²) >= 11 is 0. The number of amides is 1. The van der Waals surface area contributed by atoms with Gasteiger partial charge in [0.25, 0.3) is 5.56 Å². The van der Waals surface area contributed by atoms with Gasteiger partial charge in [0.1, 0.15) is 11.2 Å². The van der Waals surface area contributed by atoms with E-state index in [1.54, 1.807) is 11.8 Å². The first-order valence-corrected chi connectivity index (χ1v) is 11.9. The van der Waals surface area contributed by atoms with Crippen LogP contribution >= 0.6 is 0 Å². The molecule has 1 N–H and O–H groups in total. The largest absolute Gasteiger partial charge is 0.378 e. The van der Waals surface area contributed by atoms with Crippen LogP contribution in [0.5, 0.6) is 0 Å². The molecule has 0 unspecified atom stereocenters. The summed E-state index contributed by atoms with van der Waals surface area (Å²) in [4.78, 5) is 35.4. The standard InChI is InChI=1S/C23H31F2N5O3/c1-22(33-2)9-11-29(12-10-22)21(32)16-4-3-15(16)18-27-19-17(20(31)28-18)13-26-30(19)14-5-7-23(24,25)8-6-14/h13-16H,3-12H2,1-2H3,(H,27,28,31)/t15-,16-/m0/s1. The molecule has 3 fully saturated rings. The smallest absolute Gasteiger partial charge is 0.262 e. The second kappa shape index (κ2) is 8.14. The molecule has 1 aliphatic heterocycles. The number of nitrogens with zero attached hydrogens (tertiary/aromatic N) is 4. The van der Waals surface area contributed by atoms with Crippen LogP contribution in [-0.4, -0.2) is 62.3 Å². The highest BCUT2D eigenvalue weighted by Gasteiger charge is 2.43. The lowest BCUT2D eigenvalue weighted by atomic mass is 9.72. The Balaban J connectivity index is 1.36. The maximum Gasteiger partial charge on any atom is 0.262 e. The van der Waals surface area contributed by atoms with Crippen LogP contribution in [-0.2, 0) is 9.53 Å². The summed E-state index contributed by atoms with van der Waals surface area (Å²) in [5, 5.41) is 4.68. The van der Waals surface area contributed by atoms with Crippen molar-refractivity contribution in [2.24, 2.45) is 5.92 Å². The highest BCUT2D eigenvalue weighted by atomic mass is 19.3. The molecule has 0 radical (unpaired) electrons. The fourth-order valence-corrected chi connectivity index (χ4v) is 5.43. The lowest BCUT2D eigenvalue weighted by Gasteiger charge is -2.43. The van der Waals surface area contributed by atoms with E-state index in [0.29, 0.717) is 42.8 Å².